The van der Waals surface area contributed by atoms with Crippen LogP contribution in [0.25, 0.3) is 0 Å². The molecule has 5 heteroatoms. The van der Waals surface area contributed by atoms with Gasteiger partial charge in [-0.05, 0) is 23.1 Å². The predicted octanol–water partition coefficient (Wildman–Crippen LogP) is 1.73. The molecule has 1 aromatic carbocycles. The molecule has 5 nitrogen and oxygen atoms in total. The van der Waals surface area contributed by atoms with Crippen LogP contribution in [0.15, 0.2) is 24.3 Å². The molecule has 0 fully saturated rings. The van der Waals surface area contributed by atoms with Gasteiger partial charge in [0.15, 0.2) is 0 Å². The Labute approximate surface area is 119 Å². The highest BCUT2D eigenvalue weighted by atomic mass is 16.7. The number of nitrogens with one attached hydrogen (secondary N) is 1. The van der Waals surface area contributed by atoms with Crippen LogP contribution in [-0.4, -0.2) is 37.6 Å². The summed E-state index contributed by atoms with van der Waals surface area (Å²) in [4.78, 5) is 28.1. The molecular weight excluding hydrogens is 256 g/mol. The van der Waals surface area contributed by atoms with Crippen LogP contribution in [-0.2, 0) is 15.0 Å². The van der Waals surface area contributed by atoms with E-state index in [-0.39, 0.29) is 23.8 Å². The average Bonchev–Trinajstić information content (AvgIpc) is 2.42. The zero-order chi connectivity index (χ0) is 15.3. The second-order valence-electron chi connectivity index (χ2n) is 5.58. The molecule has 1 aromatic rings. The fourth-order valence-electron chi connectivity index (χ4n) is 1.59. The van der Waals surface area contributed by atoms with Gasteiger partial charge in [0.1, 0.15) is 0 Å². The van der Waals surface area contributed by atoms with Gasteiger partial charge >= 0.3 is 0 Å². The summed E-state index contributed by atoms with van der Waals surface area (Å²) in [5.74, 6) is -0.588. The lowest BCUT2D eigenvalue weighted by atomic mass is 9.87. The van der Waals surface area contributed by atoms with Crippen molar-refractivity contribution < 1.29 is 14.4 Å². The van der Waals surface area contributed by atoms with Gasteiger partial charge in [-0.3, -0.25) is 14.4 Å². The molecule has 0 aliphatic heterocycles. The number of rotatable bonds is 4. The van der Waals surface area contributed by atoms with Crippen molar-refractivity contribution in [1.82, 2.24) is 10.4 Å². The molecule has 0 aromatic heterocycles. The minimum absolute atomic E-state index is 0.0478. The molecule has 0 radical (unpaired) electrons. The van der Waals surface area contributed by atoms with Crippen LogP contribution in [0.2, 0.25) is 0 Å². The number of carbonyl (C=O) groups is 2. The van der Waals surface area contributed by atoms with Crippen LogP contribution >= 0.6 is 0 Å². The van der Waals surface area contributed by atoms with E-state index >= 15 is 0 Å². The summed E-state index contributed by atoms with van der Waals surface area (Å²) in [6, 6.07) is 7.39. The van der Waals surface area contributed by atoms with E-state index in [1.165, 1.54) is 14.2 Å². The highest BCUT2D eigenvalue weighted by Gasteiger charge is 2.15. The maximum atomic E-state index is 11.9. The van der Waals surface area contributed by atoms with Gasteiger partial charge in [-0.1, -0.05) is 32.9 Å². The molecular formula is C15H22N2O3. The zero-order valence-corrected chi connectivity index (χ0v) is 12.7. The standard InChI is InChI=1S/C15H22N2O3/c1-15(2,3)12-8-6-11(7-9-12)14(19)16-10-13(18)17(4)20-5/h6-9H,10H2,1-5H3,(H,16,19). The van der Waals surface area contributed by atoms with Gasteiger partial charge in [-0.25, -0.2) is 5.06 Å². The molecule has 1 N–H and O–H groups in total. The Morgan fingerprint density at radius 2 is 1.75 bits per heavy atom. The van der Waals surface area contributed by atoms with E-state index in [0.717, 1.165) is 10.6 Å². The first kappa shape index (κ1) is 16.2. The van der Waals surface area contributed by atoms with E-state index in [0.29, 0.717) is 5.56 Å². The van der Waals surface area contributed by atoms with E-state index in [1.807, 2.05) is 12.1 Å². The van der Waals surface area contributed by atoms with Crippen molar-refractivity contribution in [2.24, 2.45) is 0 Å². The average molecular weight is 278 g/mol. The normalized spacial score (nSPS) is 11.1. The minimum Gasteiger partial charge on any atom is -0.343 e. The third-order valence-corrected chi connectivity index (χ3v) is 3.04. The van der Waals surface area contributed by atoms with Crippen LogP contribution in [0.3, 0.4) is 0 Å². The van der Waals surface area contributed by atoms with Crippen LogP contribution in [0.5, 0.6) is 0 Å². The number of amides is 2. The Hall–Kier alpha value is -1.88. The van der Waals surface area contributed by atoms with E-state index < -0.39 is 0 Å². The first-order valence-electron chi connectivity index (χ1n) is 6.45. The van der Waals surface area contributed by atoms with E-state index in [9.17, 15) is 9.59 Å². The van der Waals surface area contributed by atoms with Crippen LogP contribution in [0, 0.1) is 0 Å². The second kappa shape index (κ2) is 6.52. The maximum Gasteiger partial charge on any atom is 0.265 e. The summed E-state index contributed by atoms with van der Waals surface area (Å²) in [7, 11) is 2.89. The molecule has 0 saturated carbocycles. The van der Waals surface area contributed by atoms with E-state index in [1.54, 1.807) is 12.1 Å². The number of hydrogen-bond acceptors (Lipinski definition) is 3. The molecule has 110 valence electrons. The van der Waals surface area contributed by atoms with Crippen molar-refractivity contribution in [2.75, 3.05) is 20.7 Å². The molecule has 0 aliphatic rings. The SMILES string of the molecule is CON(C)C(=O)CNC(=O)c1ccc(C(C)(C)C)cc1. The molecule has 20 heavy (non-hydrogen) atoms. The summed E-state index contributed by atoms with van der Waals surface area (Å²) in [6.07, 6.45) is 0. The molecule has 0 spiro atoms. The van der Waals surface area contributed by atoms with Crippen molar-refractivity contribution in [2.45, 2.75) is 26.2 Å². The zero-order valence-electron chi connectivity index (χ0n) is 12.7. The molecule has 0 atom stereocenters. The summed E-state index contributed by atoms with van der Waals surface area (Å²) in [6.45, 7) is 6.24. The second-order valence-corrected chi connectivity index (χ2v) is 5.58. The third kappa shape index (κ3) is 4.35. The third-order valence-electron chi connectivity index (χ3n) is 3.04. The molecule has 0 unspecified atom stereocenters. The number of hydroxylamine groups is 2. The number of nitrogens with zero attached hydrogens (tertiary/aromatic N) is 1. The van der Waals surface area contributed by atoms with Gasteiger partial charge in [0.2, 0.25) is 0 Å². The first-order valence-corrected chi connectivity index (χ1v) is 6.45. The summed E-state index contributed by atoms with van der Waals surface area (Å²) >= 11 is 0. The van der Waals surface area contributed by atoms with Crippen LogP contribution in [0.4, 0.5) is 0 Å². The van der Waals surface area contributed by atoms with Gasteiger partial charge in [0, 0.05) is 12.6 Å². The van der Waals surface area contributed by atoms with Gasteiger partial charge in [0.05, 0.1) is 13.7 Å². The van der Waals surface area contributed by atoms with Crippen LogP contribution < -0.4 is 5.32 Å². The fourth-order valence-corrected chi connectivity index (χ4v) is 1.59. The van der Waals surface area contributed by atoms with Crippen molar-refractivity contribution >= 4 is 11.8 Å². The Balaban J connectivity index is 2.63. The van der Waals surface area contributed by atoms with Crippen molar-refractivity contribution in [3.05, 3.63) is 35.4 Å². The lowest BCUT2D eigenvalue weighted by Gasteiger charge is -2.19. The van der Waals surface area contributed by atoms with Gasteiger partial charge in [0.25, 0.3) is 11.8 Å². The molecule has 2 amide bonds. The number of likely N-dealkylation sites (N-methyl/N-ethyl adjacent to an activating group) is 1. The molecule has 0 heterocycles. The smallest absolute Gasteiger partial charge is 0.265 e. The molecule has 1 rings (SSSR count). The highest BCUT2D eigenvalue weighted by molar-refractivity contribution is 5.96. The Morgan fingerprint density at radius 1 is 1.20 bits per heavy atom. The van der Waals surface area contributed by atoms with Crippen molar-refractivity contribution in [3.63, 3.8) is 0 Å². The van der Waals surface area contributed by atoms with E-state index in [4.69, 9.17) is 4.84 Å². The Morgan fingerprint density at radius 3 is 2.20 bits per heavy atom. The van der Waals surface area contributed by atoms with Gasteiger partial charge < -0.3 is 5.32 Å². The summed E-state index contributed by atoms with van der Waals surface area (Å²) in [5, 5.41) is 3.63. The summed E-state index contributed by atoms with van der Waals surface area (Å²) in [5.41, 5.74) is 1.74. The topological polar surface area (TPSA) is 58.6 Å². The van der Waals surface area contributed by atoms with Crippen molar-refractivity contribution in [1.29, 1.82) is 0 Å². The number of hydrogen-bond donors (Lipinski definition) is 1. The quantitative estimate of drug-likeness (QED) is 0.853. The fraction of sp³-hybridized carbons (Fsp3) is 0.467. The Bertz CT molecular complexity index is 475. The monoisotopic (exact) mass is 278 g/mol. The molecule has 0 saturated heterocycles. The Kier molecular flexibility index (Phi) is 5.27. The van der Waals surface area contributed by atoms with E-state index in [2.05, 4.69) is 26.1 Å². The van der Waals surface area contributed by atoms with Crippen LogP contribution in [0.1, 0.15) is 36.7 Å². The van der Waals surface area contributed by atoms with Crippen molar-refractivity contribution in [3.8, 4) is 0 Å². The first-order chi connectivity index (χ1) is 9.25. The number of carbonyl (C=O) groups excluding carboxylic acids is 2. The largest absolute Gasteiger partial charge is 0.343 e. The van der Waals surface area contributed by atoms with Gasteiger partial charge in [-0.2, -0.15) is 0 Å². The van der Waals surface area contributed by atoms with Gasteiger partial charge in [-0.15, -0.1) is 0 Å². The lowest BCUT2D eigenvalue weighted by Crippen LogP contribution is -2.37. The lowest BCUT2D eigenvalue weighted by molar-refractivity contribution is -0.167. The molecule has 0 aliphatic carbocycles. The summed E-state index contributed by atoms with van der Waals surface area (Å²) < 4.78 is 0. The minimum atomic E-state index is -0.313. The predicted molar refractivity (Wildman–Crippen MR) is 77.3 cm³/mol. The highest BCUT2D eigenvalue weighted by Crippen LogP contribution is 2.22. The number of benzene rings is 1. The maximum absolute atomic E-state index is 11.9. The molecule has 0 bridgehead atoms.